The average Bonchev–Trinajstić information content (AvgIpc) is 2.55. The molecule has 0 aromatic heterocycles. The Hall–Kier alpha value is -1.66. The van der Waals surface area contributed by atoms with E-state index in [4.69, 9.17) is 0 Å². The number of likely N-dealkylation sites (N-methyl/N-ethyl adjacent to an activating group) is 1. The van der Waals surface area contributed by atoms with Crippen LogP contribution in [0.2, 0.25) is 0 Å². The van der Waals surface area contributed by atoms with Gasteiger partial charge in [0, 0.05) is 31.1 Å². The quantitative estimate of drug-likeness (QED) is 0.836. The number of carbonyl (C=O) groups is 2. The fourth-order valence-corrected chi connectivity index (χ4v) is 2.90. The maximum Gasteiger partial charge on any atom is 0.254 e. The summed E-state index contributed by atoms with van der Waals surface area (Å²) in [6, 6.07) is 4.51. The summed E-state index contributed by atoms with van der Waals surface area (Å²) in [6.45, 7) is 5.17. The predicted octanol–water partition coefficient (Wildman–Crippen LogP) is 3.06. The Balaban J connectivity index is 0.00000312. The van der Waals surface area contributed by atoms with E-state index in [-0.39, 0.29) is 41.9 Å². The second-order valence-electron chi connectivity index (χ2n) is 6.72. The number of hydrogen-bond donors (Lipinski definition) is 2. The summed E-state index contributed by atoms with van der Waals surface area (Å²) in [7, 11) is 1.88. The second kappa shape index (κ2) is 9.73. The number of nitrogens with one attached hydrogen (secondary N) is 2. The molecule has 2 N–H and O–H groups in total. The molecule has 1 aromatic rings. The third-order valence-electron chi connectivity index (χ3n) is 4.20. The van der Waals surface area contributed by atoms with Crippen molar-refractivity contribution in [3.63, 3.8) is 0 Å². The minimum Gasteiger partial charge on any atom is -0.337 e. The van der Waals surface area contributed by atoms with E-state index in [0.29, 0.717) is 25.1 Å². The zero-order chi connectivity index (χ0) is 17.7. The van der Waals surface area contributed by atoms with Gasteiger partial charge in [0.2, 0.25) is 5.91 Å². The molecule has 1 saturated heterocycles. The molecule has 2 amide bonds. The Kier molecular flexibility index (Phi) is 8.32. The normalized spacial score (nSPS) is 17.2. The van der Waals surface area contributed by atoms with Crippen LogP contribution in [0.5, 0.6) is 0 Å². The molecule has 1 aliphatic rings. The first-order valence-corrected chi connectivity index (χ1v) is 8.46. The number of hydrogen-bond acceptors (Lipinski definition) is 3. The van der Waals surface area contributed by atoms with Crippen LogP contribution in [0.15, 0.2) is 18.2 Å². The highest BCUT2D eigenvalue weighted by Crippen LogP contribution is 2.19. The first-order chi connectivity index (χ1) is 11.4. The predicted molar refractivity (Wildman–Crippen MR) is 99.7 cm³/mol. The molecule has 140 valence electrons. The molecule has 1 aromatic carbocycles. The minimum atomic E-state index is -0.583. The highest BCUT2D eigenvalue weighted by Gasteiger charge is 2.24. The Morgan fingerprint density at radius 2 is 2.08 bits per heavy atom. The van der Waals surface area contributed by atoms with E-state index in [1.54, 1.807) is 11.0 Å². The van der Waals surface area contributed by atoms with Crippen molar-refractivity contribution in [2.24, 2.45) is 5.92 Å². The van der Waals surface area contributed by atoms with Gasteiger partial charge in [-0.3, -0.25) is 9.59 Å². The largest absolute Gasteiger partial charge is 0.337 e. The number of amides is 2. The summed E-state index contributed by atoms with van der Waals surface area (Å²) in [4.78, 5) is 26.0. The van der Waals surface area contributed by atoms with Gasteiger partial charge in [-0.2, -0.15) is 0 Å². The number of rotatable bonds is 5. The lowest BCUT2D eigenvalue weighted by Crippen LogP contribution is -2.46. The average molecular weight is 372 g/mol. The molecule has 1 atom stereocenters. The number of nitrogens with zero attached hydrogens (tertiary/aromatic N) is 1. The van der Waals surface area contributed by atoms with Crippen LogP contribution in [0.4, 0.5) is 10.1 Å². The van der Waals surface area contributed by atoms with Crippen LogP contribution in [0.3, 0.4) is 0 Å². The van der Waals surface area contributed by atoms with Gasteiger partial charge in [0.1, 0.15) is 5.82 Å². The van der Waals surface area contributed by atoms with E-state index in [1.165, 1.54) is 12.1 Å². The van der Waals surface area contributed by atoms with Gasteiger partial charge in [0.25, 0.3) is 5.91 Å². The molecule has 2 rings (SSSR count). The third kappa shape index (κ3) is 5.97. The summed E-state index contributed by atoms with van der Waals surface area (Å²) < 4.78 is 14.2. The van der Waals surface area contributed by atoms with Crippen molar-refractivity contribution in [2.75, 3.05) is 25.5 Å². The van der Waals surface area contributed by atoms with Crippen LogP contribution in [-0.4, -0.2) is 42.9 Å². The molecule has 7 heteroatoms. The summed E-state index contributed by atoms with van der Waals surface area (Å²) in [5, 5.41) is 5.74. The molecule has 0 bridgehead atoms. The lowest BCUT2D eigenvalue weighted by Gasteiger charge is -2.32. The van der Waals surface area contributed by atoms with E-state index in [1.807, 2.05) is 20.9 Å². The second-order valence-corrected chi connectivity index (χ2v) is 6.72. The summed E-state index contributed by atoms with van der Waals surface area (Å²) in [6.07, 6.45) is 2.30. The van der Waals surface area contributed by atoms with E-state index >= 15 is 0 Å². The van der Waals surface area contributed by atoms with E-state index in [0.717, 1.165) is 12.8 Å². The van der Waals surface area contributed by atoms with Crippen LogP contribution in [0.1, 0.15) is 43.5 Å². The molecule has 5 nitrogen and oxygen atoms in total. The van der Waals surface area contributed by atoms with Crippen molar-refractivity contribution in [1.82, 2.24) is 10.2 Å². The number of carbonyl (C=O) groups excluding carboxylic acids is 2. The molecule has 0 saturated carbocycles. The Bertz CT molecular complexity index is 610. The van der Waals surface area contributed by atoms with Crippen molar-refractivity contribution in [3.05, 3.63) is 29.6 Å². The highest BCUT2D eigenvalue weighted by molar-refractivity contribution is 5.96. The van der Waals surface area contributed by atoms with Crippen molar-refractivity contribution >= 4 is 29.9 Å². The standard InChI is InChI=1S/C18H26FN3O2.ClH/c1-12(2)9-17(23)21-16-7-6-13(10-15(16)19)18(24)22-8-4-5-14(11-22)20-3;/h6-7,10,12,14,20H,4-5,8-9,11H2,1-3H3,(H,21,23);1H. The Morgan fingerprint density at radius 1 is 1.36 bits per heavy atom. The molecule has 1 unspecified atom stereocenters. The van der Waals surface area contributed by atoms with Gasteiger partial charge in [-0.25, -0.2) is 4.39 Å². The summed E-state index contributed by atoms with van der Waals surface area (Å²) >= 11 is 0. The van der Waals surface area contributed by atoms with Crippen LogP contribution < -0.4 is 10.6 Å². The number of likely N-dealkylation sites (tertiary alicyclic amines) is 1. The van der Waals surface area contributed by atoms with Gasteiger partial charge in [0.05, 0.1) is 5.69 Å². The maximum atomic E-state index is 14.2. The zero-order valence-corrected chi connectivity index (χ0v) is 15.8. The van der Waals surface area contributed by atoms with Crippen LogP contribution in [0.25, 0.3) is 0 Å². The molecule has 1 aliphatic heterocycles. The van der Waals surface area contributed by atoms with Crippen molar-refractivity contribution in [3.8, 4) is 0 Å². The Morgan fingerprint density at radius 3 is 2.68 bits per heavy atom. The zero-order valence-electron chi connectivity index (χ0n) is 15.0. The molecular weight excluding hydrogens is 345 g/mol. The molecule has 0 aliphatic carbocycles. The summed E-state index contributed by atoms with van der Waals surface area (Å²) in [5.74, 6) is -0.780. The Labute approximate surface area is 154 Å². The van der Waals surface area contributed by atoms with Gasteiger partial charge in [-0.1, -0.05) is 13.8 Å². The number of anilines is 1. The lowest BCUT2D eigenvalue weighted by atomic mass is 10.0. The third-order valence-corrected chi connectivity index (χ3v) is 4.20. The van der Waals surface area contributed by atoms with Crippen LogP contribution in [-0.2, 0) is 4.79 Å². The van der Waals surface area contributed by atoms with Gasteiger partial charge >= 0.3 is 0 Å². The SMILES string of the molecule is CNC1CCCN(C(=O)c2ccc(NC(=O)CC(C)C)c(F)c2)C1.Cl. The van der Waals surface area contributed by atoms with Gasteiger partial charge in [-0.15, -0.1) is 12.4 Å². The van der Waals surface area contributed by atoms with Crippen LogP contribution in [0, 0.1) is 11.7 Å². The van der Waals surface area contributed by atoms with Crippen molar-refractivity contribution in [1.29, 1.82) is 0 Å². The maximum absolute atomic E-state index is 14.2. The first kappa shape index (κ1) is 21.4. The van der Waals surface area contributed by atoms with Gasteiger partial charge < -0.3 is 15.5 Å². The van der Waals surface area contributed by atoms with Crippen molar-refractivity contribution < 1.29 is 14.0 Å². The van der Waals surface area contributed by atoms with Gasteiger partial charge in [0.15, 0.2) is 0 Å². The first-order valence-electron chi connectivity index (χ1n) is 8.46. The van der Waals surface area contributed by atoms with E-state index in [9.17, 15) is 14.0 Å². The fraction of sp³-hybridized carbons (Fsp3) is 0.556. The van der Waals surface area contributed by atoms with Gasteiger partial charge in [-0.05, 0) is 44.0 Å². The van der Waals surface area contributed by atoms with Crippen LogP contribution >= 0.6 is 12.4 Å². The smallest absolute Gasteiger partial charge is 0.254 e. The van der Waals surface area contributed by atoms with E-state index < -0.39 is 5.82 Å². The molecule has 1 heterocycles. The molecular formula is C18H27ClFN3O2. The van der Waals surface area contributed by atoms with E-state index in [2.05, 4.69) is 10.6 Å². The monoisotopic (exact) mass is 371 g/mol. The number of benzene rings is 1. The summed E-state index contributed by atoms with van der Waals surface area (Å²) in [5.41, 5.74) is 0.426. The number of halogens is 2. The molecule has 0 radical (unpaired) electrons. The molecule has 25 heavy (non-hydrogen) atoms. The highest BCUT2D eigenvalue weighted by atomic mass is 35.5. The molecule has 1 fully saturated rings. The fourth-order valence-electron chi connectivity index (χ4n) is 2.90. The molecule has 0 spiro atoms. The number of piperidine rings is 1. The lowest BCUT2D eigenvalue weighted by molar-refractivity contribution is -0.116. The minimum absolute atomic E-state index is 0. The topological polar surface area (TPSA) is 61.4 Å². The van der Waals surface area contributed by atoms with Crippen molar-refractivity contribution in [2.45, 2.75) is 39.2 Å².